The zero-order chi connectivity index (χ0) is 13.8. The highest BCUT2D eigenvalue weighted by molar-refractivity contribution is 7.86. The maximum Gasteiger partial charge on any atom is 0.307 e. The summed E-state index contributed by atoms with van der Waals surface area (Å²) in [4.78, 5) is 22.3. The number of amides is 1. The van der Waals surface area contributed by atoms with E-state index in [9.17, 15) is 13.8 Å². The van der Waals surface area contributed by atoms with E-state index in [0.29, 0.717) is 0 Å². The van der Waals surface area contributed by atoms with Crippen LogP contribution >= 0.6 is 0 Å². The summed E-state index contributed by atoms with van der Waals surface area (Å²) in [7, 11) is -1.47. The molecule has 2 N–H and O–H groups in total. The van der Waals surface area contributed by atoms with Crippen molar-refractivity contribution >= 4 is 22.7 Å². The molecule has 0 saturated carbocycles. The number of carboxylic acids is 1. The Morgan fingerprint density at radius 3 is 2.12 bits per heavy atom. The Hall–Kier alpha value is -0.910. The molecule has 5 nitrogen and oxygen atoms in total. The maximum absolute atomic E-state index is 11.8. The van der Waals surface area contributed by atoms with Gasteiger partial charge in [-0.3, -0.25) is 13.8 Å². The quantitative estimate of drug-likeness (QED) is 0.767. The predicted octanol–water partition coefficient (Wildman–Crippen LogP) is 0.759. The Morgan fingerprint density at radius 2 is 1.76 bits per heavy atom. The van der Waals surface area contributed by atoms with Crippen LogP contribution in [0.5, 0.6) is 0 Å². The molecule has 0 heterocycles. The number of carbonyl (C=O) groups is 2. The van der Waals surface area contributed by atoms with Crippen LogP contribution < -0.4 is 5.32 Å². The molecule has 0 rings (SSSR count). The third-order valence-electron chi connectivity index (χ3n) is 2.10. The third-order valence-corrected chi connectivity index (χ3v) is 3.93. The van der Waals surface area contributed by atoms with Crippen molar-refractivity contribution in [2.45, 2.75) is 45.4 Å². The Bertz CT molecular complexity index is 322. The minimum absolute atomic E-state index is 0.00589. The van der Waals surface area contributed by atoms with E-state index in [2.05, 4.69) is 5.32 Å². The Morgan fingerprint density at radius 1 is 1.29 bits per heavy atom. The Labute approximate surface area is 104 Å². The van der Waals surface area contributed by atoms with E-state index in [-0.39, 0.29) is 17.2 Å². The van der Waals surface area contributed by atoms with Crippen molar-refractivity contribution in [1.29, 1.82) is 0 Å². The fourth-order valence-corrected chi connectivity index (χ4v) is 2.27. The first-order valence-electron chi connectivity index (χ1n) is 5.46. The van der Waals surface area contributed by atoms with Crippen molar-refractivity contribution in [3.63, 3.8) is 0 Å². The number of rotatable bonds is 5. The predicted molar refractivity (Wildman–Crippen MR) is 67.2 cm³/mol. The molecular formula is C11H21NO4S. The zero-order valence-electron chi connectivity index (χ0n) is 10.9. The van der Waals surface area contributed by atoms with Gasteiger partial charge in [-0.2, -0.15) is 0 Å². The Kier molecular flexibility index (Phi) is 5.81. The molecule has 1 amide bonds. The molecule has 0 aliphatic carbocycles. The first kappa shape index (κ1) is 16.1. The minimum Gasteiger partial charge on any atom is -0.481 e. The summed E-state index contributed by atoms with van der Waals surface area (Å²) in [5.41, 5.74) is -0.381. The fourth-order valence-electron chi connectivity index (χ4n) is 1.05. The number of nitrogens with one attached hydrogen (secondary N) is 1. The molecule has 0 spiro atoms. The van der Waals surface area contributed by atoms with Crippen molar-refractivity contribution in [2.75, 3.05) is 5.75 Å². The summed E-state index contributed by atoms with van der Waals surface area (Å²) in [5.74, 6) is -2.02. The van der Waals surface area contributed by atoms with Gasteiger partial charge in [0.05, 0.1) is 5.92 Å². The normalized spacial score (nSPS) is 17.0. The van der Waals surface area contributed by atoms with Crippen LogP contribution in [0.3, 0.4) is 0 Å². The summed E-state index contributed by atoms with van der Waals surface area (Å²) < 4.78 is 11.8. The van der Waals surface area contributed by atoms with E-state index < -0.39 is 27.9 Å². The summed E-state index contributed by atoms with van der Waals surface area (Å²) in [6, 6.07) is 0. The summed E-state index contributed by atoms with van der Waals surface area (Å²) >= 11 is 0. The number of hydrogen-bond donors (Lipinski definition) is 2. The molecule has 0 aromatic heterocycles. The van der Waals surface area contributed by atoms with E-state index in [0.717, 1.165) is 0 Å². The van der Waals surface area contributed by atoms with Crippen LogP contribution in [-0.2, 0) is 20.4 Å². The van der Waals surface area contributed by atoms with E-state index in [1.807, 2.05) is 20.8 Å². The smallest absolute Gasteiger partial charge is 0.307 e. The van der Waals surface area contributed by atoms with Crippen molar-refractivity contribution in [2.24, 2.45) is 5.92 Å². The summed E-state index contributed by atoms with van der Waals surface area (Å²) in [5, 5.41) is 10.7. The lowest BCUT2D eigenvalue weighted by Crippen LogP contribution is -2.46. The first-order valence-corrected chi connectivity index (χ1v) is 6.85. The van der Waals surface area contributed by atoms with Crippen LogP contribution in [0.25, 0.3) is 0 Å². The number of aliphatic carboxylic acids is 1. The second kappa shape index (κ2) is 6.14. The average Bonchev–Trinajstić information content (AvgIpc) is 2.13. The second-order valence-electron chi connectivity index (χ2n) is 5.17. The lowest BCUT2D eigenvalue weighted by atomic mass is 10.1. The lowest BCUT2D eigenvalue weighted by molar-refractivity contribution is -0.140. The maximum atomic E-state index is 11.8. The van der Waals surface area contributed by atoms with Gasteiger partial charge in [-0.15, -0.1) is 0 Å². The molecule has 0 aliphatic rings. The van der Waals surface area contributed by atoms with Gasteiger partial charge in [0.1, 0.15) is 5.25 Å². The van der Waals surface area contributed by atoms with Gasteiger partial charge in [0.25, 0.3) is 0 Å². The monoisotopic (exact) mass is 263 g/mol. The molecule has 0 fully saturated rings. The first-order chi connectivity index (χ1) is 7.54. The van der Waals surface area contributed by atoms with Crippen molar-refractivity contribution in [3.8, 4) is 0 Å². The highest BCUT2D eigenvalue weighted by Crippen LogP contribution is 2.07. The van der Waals surface area contributed by atoms with Crippen molar-refractivity contribution < 1.29 is 18.9 Å². The van der Waals surface area contributed by atoms with Gasteiger partial charge in [0, 0.05) is 22.1 Å². The van der Waals surface area contributed by atoms with Crippen LogP contribution in [0.1, 0.15) is 34.6 Å². The van der Waals surface area contributed by atoms with Crippen LogP contribution in [0.2, 0.25) is 0 Å². The van der Waals surface area contributed by atoms with E-state index in [1.54, 1.807) is 6.92 Å². The fraction of sp³-hybridized carbons (Fsp3) is 0.818. The van der Waals surface area contributed by atoms with E-state index in [4.69, 9.17) is 5.11 Å². The topological polar surface area (TPSA) is 83.5 Å². The van der Waals surface area contributed by atoms with Crippen molar-refractivity contribution in [3.05, 3.63) is 0 Å². The zero-order valence-corrected chi connectivity index (χ0v) is 11.8. The molecule has 3 atom stereocenters. The van der Waals surface area contributed by atoms with Gasteiger partial charge in [-0.25, -0.2) is 0 Å². The van der Waals surface area contributed by atoms with Crippen LogP contribution in [0, 0.1) is 5.92 Å². The van der Waals surface area contributed by atoms with Crippen LogP contribution in [-0.4, -0.2) is 37.7 Å². The molecule has 0 aliphatic heterocycles. The van der Waals surface area contributed by atoms with Gasteiger partial charge in [0.2, 0.25) is 5.91 Å². The number of carboxylic acid groups (broad SMARTS) is 1. The highest BCUT2D eigenvalue weighted by atomic mass is 32.2. The molecule has 0 bridgehead atoms. The number of hydrogen-bond acceptors (Lipinski definition) is 3. The molecule has 17 heavy (non-hydrogen) atoms. The van der Waals surface area contributed by atoms with Crippen LogP contribution in [0.4, 0.5) is 0 Å². The molecule has 6 heteroatoms. The van der Waals surface area contributed by atoms with Gasteiger partial charge in [-0.05, 0) is 27.7 Å². The van der Waals surface area contributed by atoms with E-state index in [1.165, 1.54) is 6.92 Å². The summed E-state index contributed by atoms with van der Waals surface area (Å²) in [6.45, 7) is 8.53. The molecule has 0 radical (unpaired) electrons. The molecule has 0 aromatic rings. The summed E-state index contributed by atoms with van der Waals surface area (Å²) in [6.07, 6.45) is 0. The van der Waals surface area contributed by atoms with E-state index >= 15 is 0 Å². The lowest BCUT2D eigenvalue weighted by Gasteiger charge is -2.23. The SMILES string of the molecule is CC(CS(=O)C(C)C(=O)NC(C)(C)C)C(=O)O. The molecule has 0 aromatic carbocycles. The van der Waals surface area contributed by atoms with Gasteiger partial charge in [0.15, 0.2) is 0 Å². The average molecular weight is 263 g/mol. The molecule has 0 saturated heterocycles. The standard InChI is InChI=1S/C11H21NO4S/c1-7(10(14)15)6-17(16)8(2)9(13)12-11(3,4)5/h7-8H,6H2,1-5H3,(H,12,13)(H,14,15). The Balaban J connectivity index is 4.41. The largest absolute Gasteiger partial charge is 0.481 e. The van der Waals surface area contributed by atoms with Crippen molar-refractivity contribution in [1.82, 2.24) is 5.32 Å². The van der Waals surface area contributed by atoms with Gasteiger partial charge >= 0.3 is 5.97 Å². The molecular weight excluding hydrogens is 242 g/mol. The van der Waals surface area contributed by atoms with Gasteiger partial charge < -0.3 is 10.4 Å². The minimum atomic E-state index is -1.47. The molecule has 100 valence electrons. The number of carbonyl (C=O) groups excluding carboxylic acids is 1. The highest BCUT2D eigenvalue weighted by Gasteiger charge is 2.26. The van der Waals surface area contributed by atoms with Crippen LogP contribution in [0.15, 0.2) is 0 Å². The van der Waals surface area contributed by atoms with Gasteiger partial charge in [-0.1, -0.05) is 6.92 Å². The molecule has 3 unspecified atom stereocenters. The second-order valence-corrected chi connectivity index (χ2v) is 6.97. The third kappa shape index (κ3) is 6.41.